The number of benzene rings is 1. The maximum Gasteiger partial charge on any atom is 0.271 e. The van der Waals surface area contributed by atoms with Crippen LogP contribution < -0.4 is 5.32 Å². The quantitative estimate of drug-likeness (QED) is 0.916. The van der Waals surface area contributed by atoms with Gasteiger partial charge in [0, 0.05) is 12.2 Å². The lowest BCUT2D eigenvalue weighted by atomic mass is 10.0. The number of amides is 1. The zero-order valence-electron chi connectivity index (χ0n) is 12.1. The van der Waals surface area contributed by atoms with E-state index in [0.29, 0.717) is 11.6 Å². The molecule has 0 radical (unpaired) electrons. The van der Waals surface area contributed by atoms with Crippen LogP contribution in [-0.4, -0.2) is 21.9 Å². The number of carbonyl (C=O) groups is 1. The van der Waals surface area contributed by atoms with Crippen molar-refractivity contribution in [3.8, 4) is 0 Å². The van der Waals surface area contributed by atoms with Gasteiger partial charge in [0.15, 0.2) is 0 Å². The number of aromatic nitrogens is 2. The molecule has 2 aromatic rings. The average Bonchev–Trinajstić information content (AvgIpc) is 3.33. The van der Waals surface area contributed by atoms with Crippen LogP contribution in [0.3, 0.4) is 0 Å². The molecular formula is C17H19N3O. The number of nitrogens with zero attached hydrogens (tertiary/aromatic N) is 2. The Balaban J connectivity index is 1.67. The van der Waals surface area contributed by atoms with Crippen molar-refractivity contribution in [2.24, 2.45) is 5.92 Å². The maximum atomic E-state index is 12.3. The summed E-state index contributed by atoms with van der Waals surface area (Å²) < 4.78 is 0. The van der Waals surface area contributed by atoms with Crippen molar-refractivity contribution >= 4 is 5.91 Å². The summed E-state index contributed by atoms with van der Waals surface area (Å²) in [5.74, 6) is 0.461. The van der Waals surface area contributed by atoms with Gasteiger partial charge in [-0.2, -0.15) is 0 Å². The minimum atomic E-state index is -0.129. The molecule has 1 heterocycles. The lowest BCUT2D eigenvalue weighted by molar-refractivity contribution is 0.0926. The minimum Gasteiger partial charge on any atom is -0.347 e. The van der Waals surface area contributed by atoms with E-state index < -0.39 is 0 Å². The predicted molar refractivity (Wildman–Crippen MR) is 80.9 cm³/mol. The van der Waals surface area contributed by atoms with Crippen molar-refractivity contribution in [2.45, 2.75) is 32.2 Å². The van der Waals surface area contributed by atoms with E-state index in [0.717, 1.165) is 12.1 Å². The molecule has 1 aromatic carbocycles. The fourth-order valence-corrected chi connectivity index (χ4v) is 2.45. The van der Waals surface area contributed by atoms with Crippen molar-refractivity contribution in [3.63, 3.8) is 0 Å². The molecule has 1 aliphatic rings. The van der Waals surface area contributed by atoms with Crippen LogP contribution in [0, 0.1) is 12.8 Å². The molecule has 108 valence electrons. The summed E-state index contributed by atoms with van der Waals surface area (Å²) in [6.07, 6.45) is 6.42. The molecule has 1 N–H and O–H groups in total. The van der Waals surface area contributed by atoms with Gasteiger partial charge >= 0.3 is 0 Å². The summed E-state index contributed by atoms with van der Waals surface area (Å²) in [4.78, 5) is 20.5. The first-order valence-electron chi connectivity index (χ1n) is 7.36. The number of rotatable bonds is 5. The van der Waals surface area contributed by atoms with E-state index >= 15 is 0 Å². The summed E-state index contributed by atoms with van der Waals surface area (Å²) in [5.41, 5.74) is 2.46. The van der Waals surface area contributed by atoms with Crippen LogP contribution in [0.1, 0.15) is 34.6 Å². The number of hydrogen-bond donors (Lipinski definition) is 1. The summed E-state index contributed by atoms with van der Waals surface area (Å²) in [6.45, 7) is 1.86. The van der Waals surface area contributed by atoms with Crippen LogP contribution in [0.4, 0.5) is 0 Å². The first-order valence-corrected chi connectivity index (χ1v) is 7.36. The van der Waals surface area contributed by atoms with Gasteiger partial charge in [0.05, 0.1) is 11.9 Å². The van der Waals surface area contributed by atoms with Gasteiger partial charge in [0.1, 0.15) is 5.69 Å². The molecule has 1 atom stereocenters. The lowest BCUT2D eigenvalue weighted by Gasteiger charge is -2.18. The number of nitrogens with one attached hydrogen (secondary N) is 1. The maximum absolute atomic E-state index is 12.3. The fraction of sp³-hybridized carbons (Fsp3) is 0.353. The number of aryl methyl sites for hydroxylation is 1. The van der Waals surface area contributed by atoms with Crippen molar-refractivity contribution in [3.05, 3.63) is 59.7 Å². The third-order valence-corrected chi connectivity index (χ3v) is 3.82. The van der Waals surface area contributed by atoms with Gasteiger partial charge in [-0.15, -0.1) is 0 Å². The molecule has 4 nitrogen and oxygen atoms in total. The third kappa shape index (κ3) is 3.66. The van der Waals surface area contributed by atoms with Crippen molar-refractivity contribution in [1.29, 1.82) is 0 Å². The van der Waals surface area contributed by atoms with Gasteiger partial charge in [-0.25, -0.2) is 4.98 Å². The fourth-order valence-electron chi connectivity index (χ4n) is 2.45. The molecule has 0 bridgehead atoms. The number of carbonyl (C=O) groups excluding carboxylic acids is 1. The van der Waals surface area contributed by atoms with E-state index in [4.69, 9.17) is 0 Å². The largest absolute Gasteiger partial charge is 0.347 e. The van der Waals surface area contributed by atoms with E-state index in [2.05, 4.69) is 27.4 Å². The first kappa shape index (κ1) is 13.7. The Morgan fingerprint density at radius 1 is 1.24 bits per heavy atom. The van der Waals surface area contributed by atoms with Crippen LogP contribution in [0.2, 0.25) is 0 Å². The van der Waals surface area contributed by atoms with E-state index in [1.165, 1.54) is 24.6 Å². The highest BCUT2D eigenvalue weighted by atomic mass is 16.1. The van der Waals surface area contributed by atoms with Crippen LogP contribution in [0.25, 0.3) is 0 Å². The van der Waals surface area contributed by atoms with Gasteiger partial charge in [0.2, 0.25) is 0 Å². The Bertz CT molecular complexity index is 606. The zero-order valence-corrected chi connectivity index (χ0v) is 12.1. The van der Waals surface area contributed by atoms with E-state index in [1.54, 1.807) is 6.20 Å². The van der Waals surface area contributed by atoms with Gasteiger partial charge in [0.25, 0.3) is 5.91 Å². The van der Waals surface area contributed by atoms with E-state index in [-0.39, 0.29) is 11.9 Å². The first-order chi connectivity index (χ1) is 10.2. The Hall–Kier alpha value is -2.23. The molecule has 1 amide bonds. The normalized spacial score (nSPS) is 15.5. The molecule has 4 heteroatoms. The molecule has 1 fully saturated rings. The van der Waals surface area contributed by atoms with Gasteiger partial charge in [-0.3, -0.25) is 9.78 Å². The van der Waals surface area contributed by atoms with E-state index in [1.807, 2.05) is 25.1 Å². The second kappa shape index (κ2) is 6.04. The standard InChI is InChI=1S/C17H19N3O/c1-12-10-19-16(11-18-12)17(21)20-15(14-7-8-14)9-13-5-3-2-4-6-13/h2-6,10-11,14-15H,7-9H2,1H3,(H,20,21)/t15-/m0/s1. The molecule has 3 rings (SSSR count). The zero-order chi connectivity index (χ0) is 14.7. The molecule has 0 aliphatic heterocycles. The van der Waals surface area contributed by atoms with Crippen molar-refractivity contribution in [2.75, 3.05) is 0 Å². The third-order valence-electron chi connectivity index (χ3n) is 3.82. The van der Waals surface area contributed by atoms with Crippen LogP contribution in [-0.2, 0) is 6.42 Å². The molecule has 1 saturated carbocycles. The van der Waals surface area contributed by atoms with Crippen LogP contribution in [0.5, 0.6) is 0 Å². The van der Waals surface area contributed by atoms with Crippen LogP contribution in [0.15, 0.2) is 42.7 Å². The summed E-state index contributed by atoms with van der Waals surface area (Å²) in [6, 6.07) is 10.5. The Morgan fingerprint density at radius 3 is 2.62 bits per heavy atom. The predicted octanol–water partition coefficient (Wildman–Crippen LogP) is 2.54. The Kier molecular flexibility index (Phi) is 3.95. The Labute approximate surface area is 124 Å². The molecule has 1 aliphatic carbocycles. The SMILES string of the molecule is Cc1cnc(C(=O)N[C@@H](Cc2ccccc2)C2CC2)cn1. The highest BCUT2D eigenvalue weighted by Crippen LogP contribution is 2.34. The molecule has 0 unspecified atom stereocenters. The van der Waals surface area contributed by atoms with Gasteiger partial charge in [-0.1, -0.05) is 30.3 Å². The number of hydrogen-bond acceptors (Lipinski definition) is 3. The minimum absolute atomic E-state index is 0.129. The second-order valence-corrected chi connectivity index (χ2v) is 5.65. The van der Waals surface area contributed by atoms with Crippen molar-refractivity contribution in [1.82, 2.24) is 15.3 Å². The summed E-state index contributed by atoms with van der Waals surface area (Å²) in [7, 11) is 0. The summed E-state index contributed by atoms with van der Waals surface area (Å²) in [5, 5.41) is 3.12. The van der Waals surface area contributed by atoms with Gasteiger partial charge in [-0.05, 0) is 37.7 Å². The summed E-state index contributed by atoms with van der Waals surface area (Å²) >= 11 is 0. The molecule has 0 spiro atoms. The Morgan fingerprint density at radius 2 is 2.00 bits per heavy atom. The highest BCUT2D eigenvalue weighted by Gasteiger charge is 2.32. The highest BCUT2D eigenvalue weighted by molar-refractivity contribution is 5.92. The average molecular weight is 281 g/mol. The smallest absolute Gasteiger partial charge is 0.271 e. The molecule has 0 saturated heterocycles. The van der Waals surface area contributed by atoms with E-state index in [9.17, 15) is 4.79 Å². The van der Waals surface area contributed by atoms with Gasteiger partial charge < -0.3 is 5.32 Å². The second-order valence-electron chi connectivity index (χ2n) is 5.65. The molecule has 1 aromatic heterocycles. The topological polar surface area (TPSA) is 54.9 Å². The molecule has 21 heavy (non-hydrogen) atoms. The van der Waals surface area contributed by atoms with Crippen LogP contribution >= 0.6 is 0 Å². The monoisotopic (exact) mass is 281 g/mol. The lowest BCUT2D eigenvalue weighted by Crippen LogP contribution is -2.38. The van der Waals surface area contributed by atoms with Crippen molar-refractivity contribution < 1.29 is 4.79 Å². The molecular weight excluding hydrogens is 262 g/mol.